The average Bonchev–Trinajstić information content (AvgIpc) is 2.47. The van der Waals surface area contributed by atoms with Crippen molar-refractivity contribution in [2.24, 2.45) is 0 Å². The van der Waals surface area contributed by atoms with Crippen LogP contribution in [-0.2, 0) is 12.8 Å². The molecule has 3 heteroatoms. The van der Waals surface area contributed by atoms with E-state index in [9.17, 15) is 4.79 Å². The van der Waals surface area contributed by atoms with Crippen LogP contribution in [0.4, 0.5) is 5.69 Å². The molecule has 0 bridgehead atoms. The highest BCUT2D eigenvalue weighted by Crippen LogP contribution is 2.23. The van der Waals surface area contributed by atoms with Gasteiger partial charge in [0.1, 0.15) is 0 Å². The maximum Gasteiger partial charge on any atom is 0.255 e. The molecule has 0 aromatic heterocycles. The molecule has 20 heavy (non-hydrogen) atoms. The molecule has 2 nitrogen and oxygen atoms in total. The summed E-state index contributed by atoms with van der Waals surface area (Å²) >= 11 is 3.39. The Labute approximate surface area is 128 Å². The number of para-hydroxylation sites is 1. The third-order valence-corrected chi connectivity index (χ3v) is 3.82. The van der Waals surface area contributed by atoms with Gasteiger partial charge in [0.15, 0.2) is 0 Å². The molecule has 0 heterocycles. The highest BCUT2D eigenvalue weighted by Gasteiger charge is 2.11. The normalized spacial score (nSPS) is 10.3. The Hall–Kier alpha value is -1.61. The number of carbonyl (C=O) groups excluding carboxylic acids is 1. The Bertz CT molecular complexity index is 600. The van der Waals surface area contributed by atoms with Crippen LogP contribution < -0.4 is 5.32 Å². The minimum Gasteiger partial charge on any atom is -0.321 e. The minimum absolute atomic E-state index is 0.0677. The first kappa shape index (κ1) is 14.8. The molecular formula is C17H18BrNO. The van der Waals surface area contributed by atoms with E-state index >= 15 is 0 Å². The number of nitrogens with one attached hydrogen (secondary N) is 1. The predicted molar refractivity (Wildman–Crippen MR) is 87.3 cm³/mol. The van der Waals surface area contributed by atoms with Crippen LogP contribution in [0.2, 0.25) is 0 Å². The lowest BCUT2D eigenvalue weighted by atomic mass is 10.0. The van der Waals surface area contributed by atoms with Crippen molar-refractivity contribution in [3.8, 4) is 0 Å². The number of amides is 1. The number of rotatable bonds is 4. The topological polar surface area (TPSA) is 29.1 Å². The van der Waals surface area contributed by atoms with E-state index in [1.54, 1.807) is 0 Å². The van der Waals surface area contributed by atoms with E-state index in [0.717, 1.165) is 23.0 Å². The van der Waals surface area contributed by atoms with Gasteiger partial charge < -0.3 is 5.32 Å². The first-order chi connectivity index (χ1) is 9.65. The van der Waals surface area contributed by atoms with Gasteiger partial charge in [-0.1, -0.05) is 54.0 Å². The number of halogens is 1. The zero-order valence-corrected chi connectivity index (χ0v) is 13.3. The predicted octanol–water partition coefficient (Wildman–Crippen LogP) is 4.83. The molecule has 0 saturated heterocycles. The fraction of sp³-hybridized carbons (Fsp3) is 0.235. The molecular weight excluding hydrogens is 314 g/mol. The zero-order chi connectivity index (χ0) is 14.5. The monoisotopic (exact) mass is 331 g/mol. The van der Waals surface area contributed by atoms with Crippen molar-refractivity contribution in [1.82, 2.24) is 0 Å². The van der Waals surface area contributed by atoms with Crippen LogP contribution in [-0.4, -0.2) is 5.91 Å². The molecule has 2 rings (SSSR count). The Morgan fingerprint density at radius 3 is 2.20 bits per heavy atom. The number of hydrogen-bond donors (Lipinski definition) is 1. The van der Waals surface area contributed by atoms with E-state index in [2.05, 4.69) is 47.2 Å². The van der Waals surface area contributed by atoms with Gasteiger partial charge >= 0.3 is 0 Å². The number of carbonyl (C=O) groups is 1. The van der Waals surface area contributed by atoms with Gasteiger partial charge in [-0.2, -0.15) is 0 Å². The maximum atomic E-state index is 12.4. The highest BCUT2D eigenvalue weighted by atomic mass is 79.9. The van der Waals surface area contributed by atoms with E-state index in [4.69, 9.17) is 0 Å². The number of hydrogen-bond acceptors (Lipinski definition) is 1. The molecule has 0 atom stereocenters. The zero-order valence-electron chi connectivity index (χ0n) is 11.7. The molecule has 0 aliphatic rings. The van der Waals surface area contributed by atoms with E-state index < -0.39 is 0 Å². The van der Waals surface area contributed by atoms with Crippen molar-refractivity contribution in [1.29, 1.82) is 0 Å². The van der Waals surface area contributed by atoms with Crippen molar-refractivity contribution in [2.75, 3.05) is 5.32 Å². The number of anilines is 1. The number of benzene rings is 2. The Balaban J connectivity index is 2.32. The summed E-state index contributed by atoms with van der Waals surface area (Å²) in [7, 11) is 0. The largest absolute Gasteiger partial charge is 0.321 e. The summed E-state index contributed by atoms with van der Waals surface area (Å²) in [4.78, 5) is 12.4. The molecule has 1 amide bonds. The smallest absolute Gasteiger partial charge is 0.255 e. The maximum absolute atomic E-state index is 12.4. The van der Waals surface area contributed by atoms with Crippen molar-refractivity contribution in [3.63, 3.8) is 0 Å². The van der Waals surface area contributed by atoms with E-state index in [-0.39, 0.29) is 5.91 Å². The second-order valence-electron chi connectivity index (χ2n) is 4.62. The molecule has 0 aliphatic heterocycles. The second kappa shape index (κ2) is 6.71. The van der Waals surface area contributed by atoms with Gasteiger partial charge in [0.2, 0.25) is 0 Å². The molecule has 2 aromatic carbocycles. The van der Waals surface area contributed by atoms with E-state index in [1.807, 2.05) is 30.3 Å². The standard InChI is InChI=1S/C17H18BrNO/c1-3-12-7-5-8-13(4-2)16(12)19-17(20)14-9-6-10-15(18)11-14/h5-11H,3-4H2,1-2H3,(H,19,20). The molecule has 0 spiro atoms. The van der Waals surface area contributed by atoms with Crippen LogP contribution in [0.1, 0.15) is 35.3 Å². The van der Waals surface area contributed by atoms with Crippen LogP contribution in [0.15, 0.2) is 46.9 Å². The number of aryl methyl sites for hydroxylation is 2. The van der Waals surface area contributed by atoms with Crippen LogP contribution in [0.3, 0.4) is 0 Å². The van der Waals surface area contributed by atoms with Crippen molar-refractivity contribution in [2.45, 2.75) is 26.7 Å². The molecule has 1 N–H and O–H groups in total. The average molecular weight is 332 g/mol. The fourth-order valence-electron chi connectivity index (χ4n) is 2.22. The minimum atomic E-state index is -0.0677. The molecule has 0 aliphatic carbocycles. The molecule has 104 valence electrons. The van der Waals surface area contributed by atoms with Crippen LogP contribution in [0.25, 0.3) is 0 Å². The fourth-order valence-corrected chi connectivity index (χ4v) is 2.62. The van der Waals surface area contributed by atoms with Crippen molar-refractivity contribution < 1.29 is 4.79 Å². The molecule has 2 aromatic rings. The first-order valence-corrected chi connectivity index (χ1v) is 7.62. The van der Waals surface area contributed by atoms with Gasteiger partial charge in [-0.05, 0) is 42.2 Å². The Kier molecular flexibility index (Phi) is 4.96. The summed E-state index contributed by atoms with van der Waals surface area (Å²) in [5.74, 6) is -0.0677. The van der Waals surface area contributed by atoms with Gasteiger partial charge in [0.25, 0.3) is 5.91 Å². The Morgan fingerprint density at radius 1 is 1.05 bits per heavy atom. The molecule has 0 radical (unpaired) electrons. The van der Waals surface area contributed by atoms with Gasteiger partial charge in [-0.3, -0.25) is 4.79 Å². The summed E-state index contributed by atoms with van der Waals surface area (Å²) in [6.07, 6.45) is 1.81. The quantitative estimate of drug-likeness (QED) is 0.854. The van der Waals surface area contributed by atoms with Gasteiger partial charge in [-0.25, -0.2) is 0 Å². The molecule has 0 saturated carbocycles. The summed E-state index contributed by atoms with van der Waals surface area (Å²) in [6, 6.07) is 13.6. The van der Waals surface area contributed by atoms with E-state index in [0.29, 0.717) is 5.56 Å². The SMILES string of the molecule is CCc1cccc(CC)c1NC(=O)c1cccc(Br)c1. The van der Waals surface area contributed by atoms with Gasteiger partial charge in [0, 0.05) is 15.7 Å². The Morgan fingerprint density at radius 2 is 1.65 bits per heavy atom. The lowest BCUT2D eigenvalue weighted by molar-refractivity contribution is 0.102. The van der Waals surface area contributed by atoms with Crippen LogP contribution >= 0.6 is 15.9 Å². The summed E-state index contributed by atoms with van der Waals surface area (Å²) in [5, 5.41) is 3.06. The van der Waals surface area contributed by atoms with Crippen LogP contribution in [0, 0.1) is 0 Å². The van der Waals surface area contributed by atoms with Gasteiger partial charge in [0.05, 0.1) is 0 Å². The van der Waals surface area contributed by atoms with E-state index in [1.165, 1.54) is 11.1 Å². The third-order valence-electron chi connectivity index (χ3n) is 3.32. The lowest BCUT2D eigenvalue weighted by Crippen LogP contribution is -2.14. The third kappa shape index (κ3) is 3.28. The molecule has 0 fully saturated rings. The second-order valence-corrected chi connectivity index (χ2v) is 5.54. The summed E-state index contributed by atoms with van der Waals surface area (Å²) in [6.45, 7) is 4.20. The van der Waals surface area contributed by atoms with Crippen molar-refractivity contribution in [3.05, 3.63) is 63.6 Å². The lowest BCUT2D eigenvalue weighted by Gasteiger charge is -2.14. The van der Waals surface area contributed by atoms with Crippen LogP contribution in [0.5, 0.6) is 0 Å². The van der Waals surface area contributed by atoms with Crippen molar-refractivity contribution >= 4 is 27.5 Å². The first-order valence-electron chi connectivity index (χ1n) is 6.83. The summed E-state index contributed by atoms with van der Waals surface area (Å²) < 4.78 is 0.907. The van der Waals surface area contributed by atoms with Gasteiger partial charge in [-0.15, -0.1) is 0 Å². The summed E-state index contributed by atoms with van der Waals surface area (Å²) in [5.41, 5.74) is 3.97. The molecule has 0 unspecified atom stereocenters. The highest BCUT2D eigenvalue weighted by molar-refractivity contribution is 9.10.